The molecule has 4 rings (SSSR count). The second-order valence-corrected chi connectivity index (χ2v) is 10.1. The number of carbonyl (C=O) groups excluding carboxylic acids is 1. The van der Waals surface area contributed by atoms with Crippen LogP contribution in [0.2, 0.25) is 5.02 Å². The summed E-state index contributed by atoms with van der Waals surface area (Å²) in [7, 11) is -3.75. The van der Waals surface area contributed by atoms with Crippen LogP contribution in [0.15, 0.2) is 39.8 Å². The summed E-state index contributed by atoms with van der Waals surface area (Å²) >= 11 is 5.88. The molecular weight excluding hydrogens is 460 g/mol. The first-order valence-electron chi connectivity index (χ1n) is 10.4. The minimum atomic E-state index is -3.75. The molecule has 0 bridgehead atoms. The summed E-state index contributed by atoms with van der Waals surface area (Å²) < 4.78 is 32.3. The minimum absolute atomic E-state index is 0.0356. The van der Waals surface area contributed by atoms with Crippen LogP contribution in [-0.4, -0.2) is 67.7 Å². The highest BCUT2D eigenvalue weighted by Crippen LogP contribution is 2.32. The maximum Gasteiger partial charge on any atom is 0.294 e. The van der Waals surface area contributed by atoms with Crippen LogP contribution < -0.4 is 4.90 Å². The number of piperidine rings is 1. The van der Waals surface area contributed by atoms with E-state index in [-0.39, 0.29) is 21.6 Å². The van der Waals surface area contributed by atoms with Crippen LogP contribution in [0, 0.1) is 10.1 Å². The van der Waals surface area contributed by atoms with E-state index in [2.05, 4.69) is 0 Å². The molecule has 32 heavy (non-hydrogen) atoms. The number of nitrogens with zero attached hydrogens (tertiary/aromatic N) is 4. The maximum atomic E-state index is 12.9. The van der Waals surface area contributed by atoms with Crippen LogP contribution in [-0.2, 0) is 10.0 Å². The quantitative estimate of drug-likeness (QED) is 0.475. The van der Waals surface area contributed by atoms with Gasteiger partial charge < -0.3 is 14.2 Å². The number of hydrogen-bond acceptors (Lipinski definition) is 7. The van der Waals surface area contributed by atoms with Gasteiger partial charge in [-0.05, 0) is 37.1 Å². The van der Waals surface area contributed by atoms with Crippen molar-refractivity contribution in [2.75, 3.05) is 44.2 Å². The molecule has 3 heterocycles. The van der Waals surface area contributed by atoms with E-state index in [0.29, 0.717) is 45.0 Å². The summed E-state index contributed by atoms with van der Waals surface area (Å²) in [6.45, 7) is 2.29. The average Bonchev–Trinajstić information content (AvgIpc) is 3.30. The molecule has 10 nitrogen and oxygen atoms in total. The van der Waals surface area contributed by atoms with Gasteiger partial charge in [-0.3, -0.25) is 14.9 Å². The lowest BCUT2D eigenvalue weighted by atomic mass is 10.2. The number of carbonyl (C=O) groups is 1. The summed E-state index contributed by atoms with van der Waals surface area (Å²) in [4.78, 5) is 27.1. The summed E-state index contributed by atoms with van der Waals surface area (Å²) in [6, 6.07) is 7.21. The van der Waals surface area contributed by atoms with Crippen LogP contribution in [0.3, 0.4) is 0 Å². The number of rotatable bonds is 5. The van der Waals surface area contributed by atoms with Crippen LogP contribution in [0.25, 0.3) is 0 Å². The second-order valence-electron chi connectivity index (χ2n) is 7.75. The van der Waals surface area contributed by atoms with Gasteiger partial charge in [0, 0.05) is 50.4 Å². The number of halogens is 1. The fourth-order valence-corrected chi connectivity index (χ4v) is 5.62. The Morgan fingerprint density at radius 1 is 1.00 bits per heavy atom. The monoisotopic (exact) mass is 482 g/mol. The van der Waals surface area contributed by atoms with Crippen molar-refractivity contribution >= 4 is 38.9 Å². The number of sulfonamides is 1. The third-order valence-electron chi connectivity index (χ3n) is 5.74. The molecule has 1 aromatic heterocycles. The fourth-order valence-electron chi connectivity index (χ4n) is 4.02. The lowest BCUT2D eigenvalue weighted by Crippen LogP contribution is -2.48. The largest absolute Gasteiger partial charge is 0.438 e. The van der Waals surface area contributed by atoms with Crippen molar-refractivity contribution in [2.24, 2.45) is 0 Å². The predicted molar refractivity (Wildman–Crippen MR) is 118 cm³/mol. The molecule has 2 aromatic rings. The lowest BCUT2D eigenvalue weighted by molar-refractivity contribution is -0.384. The van der Waals surface area contributed by atoms with E-state index < -0.39 is 20.9 Å². The molecule has 0 saturated carbocycles. The number of nitro groups is 1. The molecule has 2 fully saturated rings. The van der Waals surface area contributed by atoms with Crippen LogP contribution in [0.1, 0.15) is 29.8 Å². The molecule has 2 saturated heterocycles. The summed E-state index contributed by atoms with van der Waals surface area (Å²) in [5, 5.41) is 11.4. The molecule has 0 N–H and O–H groups in total. The van der Waals surface area contributed by atoms with Crippen molar-refractivity contribution < 1.29 is 22.6 Å². The van der Waals surface area contributed by atoms with Gasteiger partial charge in [-0.1, -0.05) is 18.0 Å². The van der Waals surface area contributed by atoms with Gasteiger partial charge in [0.15, 0.2) is 5.76 Å². The first kappa shape index (κ1) is 22.6. The normalized spacial score (nSPS) is 18.0. The van der Waals surface area contributed by atoms with Crippen LogP contribution in [0.5, 0.6) is 0 Å². The topological polar surface area (TPSA) is 117 Å². The van der Waals surface area contributed by atoms with Crippen molar-refractivity contribution in [3.8, 4) is 0 Å². The molecular formula is C20H23ClN4O6S. The molecule has 0 spiro atoms. The van der Waals surface area contributed by atoms with E-state index in [1.165, 1.54) is 22.5 Å². The summed E-state index contributed by atoms with van der Waals surface area (Å²) in [6.07, 6.45) is 2.61. The highest BCUT2D eigenvalue weighted by Gasteiger charge is 2.32. The van der Waals surface area contributed by atoms with Gasteiger partial charge in [0.1, 0.15) is 5.69 Å². The Hall–Kier alpha value is -2.63. The molecule has 0 unspecified atom stereocenters. The molecule has 0 radical (unpaired) electrons. The molecule has 0 aliphatic carbocycles. The number of hydrogen-bond donors (Lipinski definition) is 0. The Bertz CT molecular complexity index is 1120. The third kappa shape index (κ3) is 4.45. The Kier molecular flexibility index (Phi) is 6.40. The SMILES string of the molecule is O=C(c1ccc(S(=O)(=O)N2CCCCC2)o1)N1CCN(c2ccc(Cl)cc2[N+](=O)[O-])CC1. The maximum absolute atomic E-state index is 12.9. The number of amides is 1. The van der Waals surface area contributed by atoms with Gasteiger partial charge in [0.25, 0.3) is 21.6 Å². The van der Waals surface area contributed by atoms with Crippen molar-refractivity contribution in [3.63, 3.8) is 0 Å². The number of benzene rings is 1. The molecule has 172 valence electrons. The van der Waals surface area contributed by atoms with Crippen molar-refractivity contribution in [1.82, 2.24) is 9.21 Å². The van der Waals surface area contributed by atoms with Crippen molar-refractivity contribution in [2.45, 2.75) is 24.4 Å². The van der Waals surface area contributed by atoms with E-state index in [1.54, 1.807) is 17.0 Å². The third-order valence-corrected chi connectivity index (χ3v) is 7.75. The van der Waals surface area contributed by atoms with Gasteiger partial charge in [0.2, 0.25) is 5.09 Å². The van der Waals surface area contributed by atoms with Gasteiger partial charge in [-0.2, -0.15) is 4.31 Å². The van der Waals surface area contributed by atoms with Gasteiger partial charge in [0.05, 0.1) is 4.92 Å². The molecule has 1 amide bonds. The Morgan fingerprint density at radius 2 is 1.69 bits per heavy atom. The lowest BCUT2D eigenvalue weighted by Gasteiger charge is -2.35. The van der Waals surface area contributed by atoms with Gasteiger partial charge >= 0.3 is 0 Å². The number of nitro benzene ring substituents is 1. The average molecular weight is 483 g/mol. The van der Waals surface area contributed by atoms with Gasteiger partial charge in [-0.25, -0.2) is 8.42 Å². The molecule has 12 heteroatoms. The Morgan fingerprint density at radius 3 is 2.34 bits per heavy atom. The predicted octanol–water partition coefficient (Wildman–Crippen LogP) is 2.98. The highest BCUT2D eigenvalue weighted by molar-refractivity contribution is 7.89. The number of furan rings is 1. The molecule has 1 aromatic carbocycles. The first-order chi connectivity index (χ1) is 15.3. The minimum Gasteiger partial charge on any atom is -0.438 e. The summed E-state index contributed by atoms with van der Waals surface area (Å²) in [5.41, 5.74) is 0.357. The van der Waals surface area contributed by atoms with E-state index in [0.717, 1.165) is 19.3 Å². The van der Waals surface area contributed by atoms with E-state index in [4.69, 9.17) is 16.0 Å². The molecule has 2 aliphatic heterocycles. The first-order valence-corrected chi connectivity index (χ1v) is 12.2. The second kappa shape index (κ2) is 9.08. The highest BCUT2D eigenvalue weighted by atomic mass is 35.5. The zero-order chi connectivity index (χ0) is 22.9. The molecule has 2 aliphatic rings. The number of piperazine rings is 1. The van der Waals surface area contributed by atoms with E-state index in [1.807, 2.05) is 4.90 Å². The van der Waals surface area contributed by atoms with Crippen LogP contribution in [0.4, 0.5) is 11.4 Å². The summed E-state index contributed by atoms with van der Waals surface area (Å²) in [5.74, 6) is -0.443. The van der Waals surface area contributed by atoms with Gasteiger partial charge in [-0.15, -0.1) is 0 Å². The zero-order valence-corrected chi connectivity index (χ0v) is 18.8. The molecule has 0 atom stereocenters. The van der Waals surface area contributed by atoms with Crippen LogP contribution >= 0.6 is 11.6 Å². The zero-order valence-electron chi connectivity index (χ0n) is 17.3. The number of anilines is 1. The standard InChI is InChI=1S/C20H23ClN4O6S/c21-15-4-5-16(17(14-15)25(27)28)22-10-12-23(13-11-22)20(26)18-6-7-19(31-18)32(29,30)24-8-2-1-3-9-24/h4-7,14H,1-3,8-13H2. The van der Waals surface area contributed by atoms with Crippen molar-refractivity contribution in [1.29, 1.82) is 0 Å². The Balaban J connectivity index is 1.43. The smallest absolute Gasteiger partial charge is 0.294 e. The van der Waals surface area contributed by atoms with E-state index in [9.17, 15) is 23.3 Å². The van der Waals surface area contributed by atoms with Crippen molar-refractivity contribution in [3.05, 3.63) is 51.2 Å². The van der Waals surface area contributed by atoms with E-state index >= 15 is 0 Å². The fraction of sp³-hybridized carbons (Fsp3) is 0.450. The Labute approximate surface area is 190 Å².